The van der Waals surface area contributed by atoms with Crippen LogP contribution in [0.1, 0.15) is 0 Å². The fourth-order valence-electron chi connectivity index (χ4n) is 3.42. The van der Waals surface area contributed by atoms with E-state index >= 15 is 0 Å². The lowest BCUT2D eigenvalue weighted by Crippen LogP contribution is -2.17. The number of anilines is 3. The Morgan fingerprint density at radius 3 is 2.43 bits per heavy atom. The molecule has 1 aromatic heterocycles. The summed E-state index contributed by atoms with van der Waals surface area (Å²) in [4.78, 5) is 2.34. The van der Waals surface area contributed by atoms with E-state index in [1.807, 2.05) is 0 Å². The van der Waals surface area contributed by atoms with Crippen LogP contribution in [0, 0.1) is 0 Å². The fourth-order valence-corrected chi connectivity index (χ4v) is 3.77. The Hall–Kier alpha value is -2.52. The molecule has 0 atom stereocenters. The number of rotatable bonds is 1. The van der Waals surface area contributed by atoms with Crippen molar-refractivity contribution in [1.82, 2.24) is 4.57 Å². The highest BCUT2D eigenvalue weighted by Crippen LogP contribution is 2.46. The second kappa shape index (κ2) is 4.74. The van der Waals surface area contributed by atoms with Gasteiger partial charge in [-0.05, 0) is 42.5 Å². The van der Waals surface area contributed by atoms with Gasteiger partial charge in [-0.15, -0.1) is 0 Å². The topological polar surface area (TPSA) is 8.17 Å². The van der Waals surface area contributed by atoms with Crippen molar-refractivity contribution in [3.63, 3.8) is 0 Å². The van der Waals surface area contributed by atoms with Crippen molar-refractivity contribution in [2.75, 3.05) is 4.90 Å². The van der Waals surface area contributed by atoms with Crippen molar-refractivity contribution < 1.29 is 0 Å². The summed E-state index contributed by atoms with van der Waals surface area (Å²) in [6.07, 6.45) is 2.15. The van der Waals surface area contributed by atoms with E-state index in [0.717, 1.165) is 4.47 Å². The van der Waals surface area contributed by atoms with Gasteiger partial charge in [0.2, 0.25) is 0 Å². The van der Waals surface area contributed by atoms with Crippen LogP contribution in [0.2, 0.25) is 0 Å². The van der Waals surface area contributed by atoms with Gasteiger partial charge in [0.1, 0.15) is 0 Å². The third kappa shape index (κ3) is 1.80. The molecule has 4 aromatic rings. The highest BCUT2D eigenvalue weighted by molar-refractivity contribution is 9.10. The van der Waals surface area contributed by atoms with Gasteiger partial charge in [-0.1, -0.05) is 46.3 Å². The van der Waals surface area contributed by atoms with E-state index in [0.29, 0.717) is 0 Å². The SMILES string of the molecule is Brc1ccc2c(c1)-n1ccc3cccc(c31)N2c1ccccc1. The van der Waals surface area contributed by atoms with Crippen molar-refractivity contribution in [1.29, 1.82) is 0 Å². The highest BCUT2D eigenvalue weighted by atomic mass is 79.9. The number of hydrogen-bond acceptors (Lipinski definition) is 1. The summed E-state index contributed by atoms with van der Waals surface area (Å²) in [7, 11) is 0. The van der Waals surface area contributed by atoms with Gasteiger partial charge in [-0.2, -0.15) is 0 Å². The number of hydrogen-bond donors (Lipinski definition) is 0. The van der Waals surface area contributed by atoms with Crippen LogP contribution in [-0.4, -0.2) is 4.57 Å². The summed E-state index contributed by atoms with van der Waals surface area (Å²) in [6, 6.07) is 25.7. The summed E-state index contributed by atoms with van der Waals surface area (Å²) in [5.74, 6) is 0. The summed E-state index contributed by atoms with van der Waals surface area (Å²) < 4.78 is 3.37. The van der Waals surface area contributed by atoms with Crippen LogP contribution in [0.15, 0.2) is 83.5 Å². The normalized spacial score (nSPS) is 12.5. The van der Waals surface area contributed by atoms with Gasteiger partial charge >= 0.3 is 0 Å². The van der Waals surface area contributed by atoms with E-state index in [1.54, 1.807) is 0 Å². The molecule has 0 N–H and O–H groups in total. The Labute approximate surface area is 142 Å². The average molecular weight is 361 g/mol. The molecular weight excluding hydrogens is 348 g/mol. The number of fused-ring (bicyclic) bond motifs is 2. The van der Waals surface area contributed by atoms with Crippen LogP contribution < -0.4 is 4.90 Å². The average Bonchev–Trinajstić information content (AvgIpc) is 3.02. The molecule has 0 saturated heterocycles. The maximum Gasteiger partial charge on any atom is 0.0771 e. The minimum Gasteiger partial charge on any atom is -0.313 e. The minimum absolute atomic E-state index is 1.09. The maximum absolute atomic E-state index is 3.61. The zero-order valence-corrected chi connectivity index (χ0v) is 13.9. The lowest BCUT2D eigenvalue weighted by molar-refractivity contribution is 1.07. The zero-order valence-electron chi connectivity index (χ0n) is 12.3. The first kappa shape index (κ1) is 13.0. The molecule has 0 fully saturated rings. The molecule has 0 spiro atoms. The van der Waals surface area contributed by atoms with Crippen LogP contribution >= 0.6 is 15.9 Å². The van der Waals surface area contributed by atoms with Crippen LogP contribution in [0.25, 0.3) is 16.6 Å². The van der Waals surface area contributed by atoms with Crippen molar-refractivity contribution in [3.05, 3.63) is 83.5 Å². The fraction of sp³-hybridized carbons (Fsp3) is 0. The van der Waals surface area contributed by atoms with Gasteiger partial charge in [-0.25, -0.2) is 0 Å². The van der Waals surface area contributed by atoms with E-state index in [1.165, 1.54) is 33.7 Å². The third-order valence-electron chi connectivity index (χ3n) is 4.38. The largest absolute Gasteiger partial charge is 0.313 e. The minimum atomic E-state index is 1.09. The zero-order chi connectivity index (χ0) is 15.4. The molecule has 110 valence electrons. The molecule has 3 heteroatoms. The van der Waals surface area contributed by atoms with Crippen molar-refractivity contribution in [3.8, 4) is 5.69 Å². The number of halogens is 1. The summed E-state index contributed by atoms with van der Waals surface area (Å²) >= 11 is 3.61. The van der Waals surface area contributed by atoms with Crippen molar-refractivity contribution in [2.24, 2.45) is 0 Å². The Balaban J connectivity index is 1.93. The van der Waals surface area contributed by atoms with Gasteiger partial charge in [0.25, 0.3) is 0 Å². The summed E-state index contributed by atoms with van der Waals surface area (Å²) in [6.45, 7) is 0. The smallest absolute Gasteiger partial charge is 0.0771 e. The third-order valence-corrected chi connectivity index (χ3v) is 4.88. The second-order valence-corrected chi connectivity index (χ2v) is 6.62. The van der Waals surface area contributed by atoms with Gasteiger partial charge in [0.15, 0.2) is 0 Å². The molecule has 2 nitrogen and oxygen atoms in total. The van der Waals surface area contributed by atoms with Crippen LogP contribution in [0.5, 0.6) is 0 Å². The number of benzene rings is 3. The van der Waals surface area contributed by atoms with Gasteiger partial charge in [-0.3, -0.25) is 0 Å². The van der Waals surface area contributed by atoms with Gasteiger partial charge < -0.3 is 9.47 Å². The standard InChI is InChI=1S/C20H13BrN2/c21-15-9-10-17-19(13-15)22-12-11-14-5-4-8-18(20(14)22)23(17)16-6-2-1-3-7-16/h1-13H. The number of aromatic nitrogens is 1. The van der Waals surface area contributed by atoms with Gasteiger partial charge in [0, 0.05) is 21.7 Å². The molecule has 0 radical (unpaired) electrons. The summed E-state index contributed by atoms with van der Waals surface area (Å²) in [5.41, 5.74) is 6.03. The first-order chi connectivity index (χ1) is 11.3. The van der Waals surface area contributed by atoms with E-state index in [4.69, 9.17) is 0 Å². The molecule has 1 aliphatic heterocycles. The molecule has 0 bridgehead atoms. The molecule has 1 aliphatic rings. The Morgan fingerprint density at radius 2 is 1.57 bits per heavy atom. The van der Waals surface area contributed by atoms with Crippen LogP contribution in [-0.2, 0) is 0 Å². The van der Waals surface area contributed by atoms with Crippen molar-refractivity contribution >= 4 is 43.9 Å². The van der Waals surface area contributed by atoms with E-state index < -0.39 is 0 Å². The molecule has 0 amide bonds. The lowest BCUT2D eigenvalue weighted by Gasteiger charge is -2.33. The molecule has 2 heterocycles. The van der Waals surface area contributed by atoms with E-state index in [-0.39, 0.29) is 0 Å². The second-order valence-electron chi connectivity index (χ2n) is 5.70. The predicted octanol–water partition coefficient (Wildman–Crippen LogP) is 6.18. The van der Waals surface area contributed by atoms with Crippen molar-refractivity contribution in [2.45, 2.75) is 0 Å². The lowest BCUT2D eigenvalue weighted by atomic mass is 10.1. The number of para-hydroxylation sites is 2. The molecular formula is C20H13BrN2. The molecule has 5 rings (SSSR count). The van der Waals surface area contributed by atoms with Crippen LogP contribution in [0.4, 0.5) is 17.1 Å². The predicted molar refractivity (Wildman–Crippen MR) is 99.2 cm³/mol. The Kier molecular flexibility index (Phi) is 2.67. The Morgan fingerprint density at radius 1 is 0.696 bits per heavy atom. The molecule has 0 saturated carbocycles. The van der Waals surface area contributed by atoms with E-state index in [9.17, 15) is 0 Å². The quantitative estimate of drug-likeness (QED) is 0.346. The number of nitrogens with zero attached hydrogens (tertiary/aromatic N) is 2. The molecule has 0 unspecified atom stereocenters. The maximum atomic E-state index is 3.61. The molecule has 3 aromatic carbocycles. The molecule has 23 heavy (non-hydrogen) atoms. The molecule has 0 aliphatic carbocycles. The van der Waals surface area contributed by atoms with E-state index in [2.05, 4.69) is 104 Å². The van der Waals surface area contributed by atoms with Crippen LogP contribution in [0.3, 0.4) is 0 Å². The summed E-state index contributed by atoms with van der Waals surface area (Å²) in [5, 5.41) is 1.26. The first-order valence-corrected chi connectivity index (χ1v) is 8.37. The monoisotopic (exact) mass is 360 g/mol. The Bertz CT molecular complexity index is 1030. The van der Waals surface area contributed by atoms with Gasteiger partial charge in [0.05, 0.1) is 22.6 Å². The first-order valence-electron chi connectivity index (χ1n) is 7.58. The highest BCUT2D eigenvalue weighted by Gasteiger charge is 2.25.